The average molecular weight is 357 g/mol. The van der Waals surface area contributed by atoms with Crippen molar-refractivity contribution in [2.24, 2.45) is 5.92 Å². The van der Waals surface area contributed by atoms with Crippen molar-refractivity contribution in [2.45, 2.75) is 33.2 Å². The predicted molar refractivity (Wildman–Crippen MR) is 95.7 cm³/mol. The third-order valence-corrected chi connectivity index (χ3v) is 4.90. The molecule has 138 valence electrons. The Hall–Kier alpha value is -2.83. The van der Waals surface area contributed by atoms with Crippen LogP contribution in [-0.4, -0.2) is 34.8 Å². The summed E-state index contributed by atoms with van der Waals surface area (Å²) < 4.78 is 5.20. The molecule has 0 aliphatic carbocycles. The van der Waals surface area contributed by atoms with Crippen LogP contribution >= 0.6 is 0 Å². The Balaban J connectivity index is 1.56. The number of pyridine rings is 1. The highest BCUT2D eigenvalue weighted by molar-refractivity contribution is 5.94. The van der Waals surface area contributed by atoms with Crippen LogP contribution in [0.4, 0.5) is 0 Å². The quantitative estimate of drug-likeness (QED) is 0.871. The highest BCUT2D eigenvalue weighted by Crippen LogP contribution is 2.19. The summed E-state index contributed by atoms with van der Waals surface area (Å²) in [7, 11) is 0. The highest BCUT2D eigenvalue weighted by atomic mass is 16.3. The van der Waals surface area contributed by atoms with E-state index < -0.39 is 0 Å². The largest absolute Gasteiger partial charge is 0.467 e. The van der Waals surface area contributed by atoms with Crippen molar-refractivity contribution in [2.75, 3.05) is 13.1 Å². The Morgan fingerprint density at radius 1 is 1.31 bits per heavy atom. The number of carbonyl (C=O) groups excluding carboxylic acids is 2. The molecule has 3 heterocycles. The van der Waals surface area contributed by atoms with Gasteiger partial charge in [-0.05, 0) is 50.5 Å². The number of furan rings is 1. The van der Waals surface area contributed by atoms with E-state index in [2.05, 4.69) is 10.3 Å². The van der Waals surface area contributed by atoms with Gasteiger partial charge in [0.05, 0.1) is 12.8 Å². The van der Waals surface area contributed by atoms with Gasteiger partial charge in [0.1, 0.15) is 11.3 Å². The molecule has 0 saturated carbocycles. The molecule has 26 heavy (non-hydrogen) atoms. The topological polar surface area (TPSA) is 95.4 Å². The molecule has 7 heteroatoms. The Morgan fingerprint density at radius 2 is 2.04 bits per heavy atom. The fourth-order valence-corrected chi connectivity index (χ4v) is 3.13. The lowest BCUT2D eigenvalue weighted by Crippen LogP contribution is -2.44. The lowest BCUT2D eigenvalue weighted by molar-refractivity contribution is -0.126. The number of likely N-dealkylation sites (tertiary alicyclic amines) is 1. The number of nitrogens with zero attached hydrogens (tertiary/aromatic N) is 1. The number of amides is 2. The van der Waals surface area contributed by atoms with E-state index in [0.717, 1.165) is 11.3 Å². The van der Waals surface area contributed by atoms with Crippen molar-refractivity contribution in [3.63, 3.8) is 0 Å². The Kier molecular flexibility index (Phi) is 5.25. The molecule has 3 rings (SSSR count). The normalized spacial score (nSPS) is 15.1. The van der Waals surface area contributed by atoms with Crippen LogP contribution in [0.2, 0.25) is 0 Å². The van der Waals surface area contributed by atoms with Crippen LogP contribution in [-0.2, 0) is 11.3 Å². The molecule has 0 bridgehead atoms. The third kappa shape index (κ3) is 3.87. The zero-order chi connectivity index (χ0) is 18.7. The molecule has 2 aromatic rings. The fourth-order valence-electron chi connectivity index (χ4n) is 3.13. The molecule has 1 aliphatic rings. The number of rotatable bonds is 4. The maximum atomic E-state index is 12.6. The van der Waals surface area contributed by atoms with Crippen LogP contribution in [0, 0.1) is 19.8 Å². The lowest BCUT2D eigenvalue weighted by atomic mass is 9.95. The molecule has 2 amide bonds. The summed E-state index contributed by atoms with van der Waals surface area (Å²) >= 11 is 0. The van der Waals surface area contributed by atoms with Crippen molar-refractivity contribution in [3.05, 3.63) is 57.4 Å². The monoisotopic (exact) mass is 357 g/mol. The minimum Gasteiger partial charge on any atom is -0.467 e. The van der Waals surface area contributed by atoms with Crippen LogP contribution < -0.4 is 10.9 Å². The molecule has 7 nitrogen and oxygen atoms in total. The number of piperidine rings is 1. The molecule has 0 atom stereocenters. The molecular formula is C19H23N3O4. The summed E-state index contributed by atoms with van der Waals surface area (Å²) in [5.74, 6) is 0.272. The number of aromatic amines is 1. The van der Waals surface area contributed by atoms with E-state index in [1.54, 1.807) is 30.2 Å². The van der Waals surface area contributed by atoms with E-state index in [1.165, 1.54) is 0 Å². The van der Waals surface area contributed by atoms with Gasteiger partial charge in [-0.1, -0.05) is 0 Å². The third-order valence-electron chi connectivity index (χ3n) is 4.90. The van der Waals surface area contributed by atoms with Gasteiger partial charge in [0, 0.05) is 24.7 Å². The second kappa shape index (κ2) is 7.59. The SMILES string of the molecule is Cc1cc(C(=O)N2CCC(C(=O)NCc3ccco3)CC2)c(=O)[nH]c1C. The maximum Gasteiger partial charge on any atom is 0.261 e. The number of hydrogen-bond donors (Lipinski definition) is 2. The number of aryl methyl sites for hydroxylation is 2. The predicted octanol–water partition coefficient (Wildman–Crippen LogP) is 1.75. The standard InChI is InChI=1S/C19H23N3O4/c1-12-10-16(18(24)21-13(12)2)19(25)22-7-5-14(6-8-22)17(23)20-11-15-4-3-9-26-15/h3-4,9-10,14H,5-8,11H2,1-2H3,(H,20,23)(H,21,24). The molecule has 2 aromatic heterocycles. The summed E-state index contributed by atoms with van der Waals surface area (Å²) in [6.07, 6.45) is 2.73. The summed E-state index contributed by atoms with van der Waals surface area (Å²) in [5.41, 5.74) is 1.43. The van der Waals surface area contributed by atoms with Gasteiger partial charge >= 0.3 is 0 Å². The first kappa shape index (κ1) is 18.0. The molecule has 1 saturated heterocycles. The fraction of sp³-hybridized carbons (Fsp3) is 0.421. The minimum absolute atomic E-state index is 0.0301. The Bertz CT molecular complexity index is 846. The molecule has 0 radical (unpaired) electrons. The Labute approximate surface area is 151 Å². The van der Waals surface area contributed by atoms with Crippen molar-refractivity contribution < 1.29 is 14.0 Å². The van der Waals surface area contributed by atoms with Crippen LogP contribution in [0.1, 0.15) is 40.2 Å². The zero-order valence-corrected chi connectivity index (χ0v) is 15.0. The highest BCUT2D eigenvalue weighted by Gasteiger charge is 2.28. The second-order valence-electron chi connectivity index (χ2n) is 6.68. The van der Waals surface area contributed by atoms with Crippen molar-refractivity contribution in [3.8, 4) is 0 Å². The Morgan fingerprint density at radius 3 is 2.69 bits per heavy atom. The number of H-pyrrole nitrogens is 1. The van der Waals surface area contributed by atoms with Gasteiger partial charge < -0.3 is 19.6 Å². The van der Waals surface area contributed by atoms with Crippen molar-refractivity contribution in [1.29, 1.82) is 0 Å². The summed E-state index contributed by atoms with van der Waals surface area (Å²) in [6, 6.07) is 5.22. The molecule has 1 aliphatic heterocycles. The first-order chi connectivity index (χ1) is 12.5. The maximum absolute atomic E-state index is 12.6. The molecule has 0 unspecified atom stereocenters. The number of aromatic nitrogens is 1. The minimum atomic E-state index is -0.364. The van der Waals surface area contributed by atoms with E-state index >= 15 is 0 Å². The van der Waals surface area contributed by atoms with Crippen LogP contribution in [0.3, 0.4) is 0 Å². The molecule has 0 aromatic carbocycles. The van der Waals surface area contributed by atoms with Gasteiger partial charge in [-0.25, -0.2) is 0 Å². The van der Waals surface area contributed by atoms with Crippen LogP contribution in [0.15, 0.2) is 33.7 Å². The summed E-state index contributed by atoms with van der Waals surface area (Å²) in [4.78, 5) is 41.3. The van der Waals surface area contributed by atoms with Crippen LogP contribution in [0.25, 0.3) is 0 Å². The van der Waals surface area contributed by atoms with Gasteiger partial charge in [0.25, 0.3) is 11.5 Å². The van der Waals surface area contributed by atoms with Crippen molar-refractivity contribution >= 4 is 11.8 Å². The number of nitrogens with one attached hydrogen (secondary N) is 2. The smallest absolute Gasteiger partial charge is 0.261 e. The first-order valence-electron chi connectivity index (χ1n) is 8.75. The molecule has 0 spiro atoms. The lowest BCUT2D eigenvalue weighted by Gasteiger charge is -2.31. The van der Waals surface area contributed by atoms with Crippen LogP contribution in [0.5, 0.6) is 0 Å². The molecular weight excluding hydrogens is 334 g/mol. The average Bonchev–Trinajstić information content (AvgIpc) is 3.16. The van der Waals surface area contributed by atoms with Gasteiger partial charge in [-0.3, -0.25) is 14.4 Å². The first-order valence-corrected chi connectivity index (χ1v) is 8.75. The van der Waals surface area contributed by atoms with Gasteiger partial charge in [0.2, 0.25) is 5.91 Å². The number of carbonyl (C=O) groups is 2. The van der Waals surface area contributed by atoms with Gasteiger partial charge in [-0.15, -0.1) is 0 Å². The summed E-state index contributed by atoms with van der Waals surface area (Å²) in [5, 5.41) is 2.86. The molecule has 1 fully saturated rings. The van der Waals surface area contributed by atoms with E-state index in [1.807, 2.05) is 13.0 Å². The van der Waals surface area contributed by atoms with E-state index in [9.17, 15) is 14.4 Å². The van der Waals surface area contributed by atoms with Gasteiger partial charge in [0.15, 0.2) is 0 Å². The summed E-state index contributed by atoms with van der Waals surface area (Å²) in [6.45, 7) is 4.95. The van der Waals surface area contributed by atoms with Gasteiger partial charge in [-0.2, -0.15) is 0 Å². The van der Waals surface area contributed by atoms with Crippen molar-refractivity contribution in [1.82, 2.24) is 15.2 Å². The van der Waals surface area contributed by atoms with E-state index in [-0.39, 0.29) is 28.9 Å². The van der Waals surface area contributed by atoms with E-state index in [4.69, 9.17) is 4.42 Å². The number of hydrogen-bond acceptors (Lipinski definition) is 4. The zero-order valence-electron chi connectivity index (χ0n) is 15.0. The van der Waals surface area contributed by atoms with E-state index in [0.29, 0.717) is 38.2 Å². The second-order valence-corrected chi connectivity index (χ2v) is 6.68. The molecule has 2 N–H and O–H groups in total.